The third-order valence-corrected chi connectivity index (χ3v) is 4.17. The Morgan fingerprint density at radius 3 is 2.67 bits per heavy atom. The molecule has 7 nitrogen and oxygen atoms in total. The van der Waals surface area contributed by atoms with E-state index in [0.29, 0.717) is 17.8 Å². The van der Waals surface area contributed by atoms with Gasteiger partial charge in [0.2, 0.25) is 0 Å². The van der Waals surface area contributed by atoms with Gasteiger partial charge in [-0.3, -0.25) is 9.69 Å². The predicted octanol–water partition coefficient (Wildman–Crippen LogP) is 1.93. The number of rotatable bonds is 6. The Bertz CT molecular complexity index is 662. The second-order valence-electron chi connectivity index (χ2n) is 6.08. The second kappa shape index (κ2) is 7.79. The van der Waals surface area contributed by atoms with E-state index in [2.05, 4.69) is 16.7 Å². The zero-order chi connectivity index (χ0) is 17.7. The van der Waals surface area contributed by atoms with E-state index in [4.69, 9.17) is 10.4 Å². The minimum Gasteiger partial charge on any atom is -0.480 e. The Kier molecular flexibility index (Phi) is 5.77. The number of carbonyl (C=O) groups excluding carboxylic acids is 1. The molecule has 24 heavy (non-hydrogen) atoms. The van der Waals surface area contributed by atoms with Crippen molar-refractivity contribution < 1.29 is 14.7 Å². The first-order valence-electron chi connectivity index (χ1n) is 7.96. The zero-order valence-electron chi connectivity index (χ0n) is 13.9. The van der Waals surface area contributed by atoms with Gasteiger partial charge >= 0.3 is 12.0 Å². The van der Waals surface area contributed by atoms with Crippen LogP contribution in [0.2, 0.25) is 0 Å². The molecule has 1 saturated carbocycles. The van der Waals surface area contributed by atoms with Crippen LogP contribution in [0.3, 0.4) is 0 Å². The number of hydrogen-bond acceptors (Lipinski definition) is 4. The standard InChI is InChI=1S/C17H22N4O3/c1-3-21(10-16(22)23)15-7-14(8-15)20-17(24)19-13-5-11(2)4-12(6-13)9-18/h4-6,14-15H,3,7-8,10H2,1-2H3,(H,22,23)(H2,19,20,24). The largest absolute Gasteiger partial charge is 0.480 e. The van der Waals surface area contributed by atoms with Crippen molar-refractivity contribution >= 4 is 17.7 Å². The second-order valence-corrected chi connectivity index (χ2v) is 6.08. The van der Waals surface area contributed by atoms with Crippen molar-refractivity contribution in [3.63, 3.8) is 0 Å². The summed E-state index contributed by atoms with van der Waals surface area (Å²) in [5.74, 6) is -0.834. The number of carboxylic acid groups (broad SMARTS) is 1. The molecule has 1 aliphatic rings. The smallest absolute Gasteiger partial charge is 0.319 e. The van der Waals surface area contributed by atoms with Gasteiger partial charge in [0.05, 0.1) is 18.2 Å². The fraction of sp³-hybridized carbons (Fsp3) is 0.471. The average Bonchev–Trinajstić information content (AvgIpc) is 2.47. The van der Waals surface area contributed by atoms with Gasteiger partial charge in [-0.15, -0.1) is 0 Å². The highest BCUT2D eigenvalue weighted by Crippen LogP contribution is 2.25. The lowest BCUT2D eigenvalue weighted by molar-refractivity contribution is -0.139. The summed E-state index contributed by atoms with van der Waals surface area (Å²) in [7, 11) is 0. The maximum atomic E-state index is 12.0. The monoisotopic (exact) mass is 330 g/mol. The molecule has 0 bridgehead atoms. The van der Waals surface area contributed by atoms with Gasteiger partial charge in [-0.05, 0) is 50.1 Å². The van der Waals surface area contributed by atoms with E-state index >= 15 is 0 Å². The van der Waals surface area contributed by atoms with Crippen molar-refractivity contribution in [2.24, 2.45) is 0 Å². The topological polar surface area (TPSA) is 105 Å². The third-order valence-electron chi connectivity index (χ3n) is 4.17. The highest BCUT2D eigenvalue weighted by Gasteiger charge is 2.34. The number of aliphatic carboxylic acids is 1. The van der Waals surface area contributed by atoms with Crippen LogP contribution in [0.25, 0.3) is 0 Å². The molecule has 0 spiro atoms. The summed E-state index contributed by atoms with van der Waals surface area (Å²) in [5, 5.41) is 23.5. The zero-order valence-corrected chi connectivity index (χ0v) is 13.9. The van der Waals surface area contributed by atoms with Crippen LogP contribution < -0.4 is 10.6 Å². The molecule has 128 valence electrons. The van der Waals surface area contributed by atoms with Crippen LogP contribution in [0.1, 0.15) is 30.9 Å². The first kappa shape index (κ1) is 17.8. The van der Waals surface area contributed by atoms with Gasteiger partial charge in [0, 0.05) is 17.8 Å². The molecular weight excluding hydrogens is 308 g/mol. The number of amides is 2. The van der Waals surface area contributed by atoms with E-state index in [-0.39, 0.29) is 24.7 Å². The summed E-state index contributed by atoms with van der Waals surface area (Å²) < 4.78 is 0. The maximum Gasteiger partial charge on any atom is 0.319 e. The van der Waals surface area contributed by atoms with Gasteiger partial charge in [0.1, 0.15) is 0 Å². The van der Waals surface area contributed by atoms with E-state index in [1.165, 1.54) is 0 Å². The Labute approximate surface area is 141 Å². The van der Waals surface area contributed by atoms with Crippen molar-refractivity contribution in [2.45, 2.75) is 38.8 Å². The lowest BCUT2D eigenvalue weighted by atomic mass is 9.85. The molecule has 1 fully saturated rings. The number of nitrogens with zero attached hydrogens (tertiary/aromatic N) is 2. The number of benzene rings is 1. The number of likely N-dealkylation sites (N-methyl/N-ethyl adjacent to an activating group) is 1. The minimum absolute atomic E-state index is 0.0281. The molecule has 7 heteroatoms. The molecule has 1 aromatic carbocycles. The number of carbonyl (C=O) groups is 2. The van der Waals surface area contributed by atoms with E-state index in [0.717, 1.165) is 18.4 Å². The summed E-state index contributed by atoms with van der Waals surface area (Å²) in [6.45, 7) is 4.50. The van der Waals surface area contributed by atoms with Crippen LogP contribution in [-0.2, 0) is 4.79 Å². The van der Waals surface area contributed by atoms with Crippen molar-refractivity contribution in [2.75, 3.05) is 18.4 Å². The summed E-state index contributed by atoms with van der Waals surface area (Å²) in [5.41, 5.74) is 1.99. The number of nitriles is 1. The van der Waals surface area contributed by atoms with Crippen LogP contribution in [0.5, 0.6) is 0 Å². The van der Waals surface area contributed by atoms with Crippen LogP contribution in [0, 0.1) is 18.3 Å². The molecule has 2 amide bonds. The highest BCUT2D eigenvalue weighted by molar-refractivity contribution is 5.89. The van der Waals surface area contributed by atoms with Crippen LogP contribution in [-0.4, -0.2) is 47.2 Å². The average molecular weight is 330 g/mol. The molecule has 3 N–H and O–H groups in total. The number of anilines is 1. The van der Waals surface area contributed by atoms with Crippen LogP contribution >= 0.6 is 0 Å². The normalized spacial score (nSPS) is 19.2. The fourth-order valence-corrected chi connectivity index (χ4v) is 2.95. The summed E-state index contributed by atoms with van der Waals surface area (Å²) in [6, 6.07) is 7.16. The SMILES string of the molecule is CCN(CC(=O)O)C1CC(NC(=O)Nc2cc(C)cc(C#N)c2)C1. The molecule has 1 aliphatic carbocycles. The van der Waals surface area contributed by atoms with E-state index < -0.39 is 5.97 Å². The van der Waals surface area contributed by atoms with E-state index in [9.17, 15) is 9.59 Å². The van der Waals surface area contributed by atoms with Crippen LogP contribution in [0.15, 0.2) is 18.2 Å². The number of nitrogens with one attached hydrogen (secondary N) is 2. The van der Waals surface area contributed by atoms with Gasteiger partial charge < -0.3 is 15.7 Å². The quantitative estimate of drug-likeness (QED) is 0.739. The Morgan fingerprint density at radius 1 is 1.38 bits per heavy atom. The molecule has 0 saturated heterocycles. The number of hydrogen-bond donors (Lipinski definition) is 3. The lowest BCUT2D eigenvalue weighted by Crippen LogP contribution is -2.55. The minimum atomic E-state index is -0.834. The third kappa shape index (κ3) is 4.70. The molecular formula is C17H22N4O3. The van der Waals surface area contributed by atoms with Crippen molar-refractivity contribution in [1.82, 2.24) is 10.2 Å². The highest BCUT2D eigenvalue weighted by atomic mass is 16.4. The van der Waals surface area contributed by atoms with Gasteiger partial charge in [0.25, 0.3) is 0 Å². The van der Waals surface area contributed by atoms with E-state index in [1.54, 1.807) is 18.2 Å². The molecule has 2 rings (SSSR count). The van der Waals surface area contributed by atoms with Crippen molar-refractivity contribution in [3.8, 4) is 6.07 Å². The molecule has 0 atom stereocenters. The van der Waals surface area contributed by atoms with Gasteiger partial charge in [0.15, 0.2) is 0 Å². The van der Waals surface area contributed by atoms with Gasteiger partial charge in [-0.25, -0.2) is 4.79 Å². The Balaban J connectivity index is 1.82. The van der Waals surface area contributed by atoms with E-state index in [1.807, 2.05) is 18.7 Å². The molecule has 0 radical (unpaired) electrons. The van der Waals surface area contributed by atoms with Crippen LogP contribution in [0.4, 0.5) is 10.5 Å². The fourth-order valence-electron chi connectivity index (χ4n) is 2.95. The summed E-state index contributed by atoms with van der Waals surface area (Å²) in [6.07, 6.45) is 1.48. The number of aryl methyl sites for hydroxylation is 1. The van der Waals surface area contributed by atoms with Gasteiger partial charge in [-0.1, -0.05) is 6.92 Å². The molecule has 0 aromatic heterocycles. The first-order chi connectivity index (χ1) is 11.4. The predicted molar refractivity (Wildman–Crippen MR) is 89.7 cm³/mol. The summed E-state index contributed by atoms with van der Waals surface area (Å²) in [4.78, 5) is 24.7. The first-order valence-corrected chi connectivity index (χ1v) is 7.96. The number of carboxylic acids is 1. The molecule has 0 aliphatic heterocycles. The maximum absolute atomic E-state index is 12.0. The van der Waals surface area contributed by atoms with Crippen molar-refractivity contribution in [1.29, 1.82) is 5.26 Å². The lowest BCUT2D eigenvalue weighted by Gasteiger charge is -2.42. The van der Waals surface area contributed by atoms with Crippen molar-refractivity contribution in [3.05, 3.63) is 29.3 Å². The number of urea groups is 1. The Hall–Kier alpha value is -2.59. The van der Waals surface area contributed by atoms with Gasteiger partial charge in [-0.2, -0.15) is 5.26 Å². The summed E-state index contributed by atoms with van der Waals surface area (Å²) >= 11 is 0. The molecule has 0 heterocycles. The Morgan fingerprint density at radius 2 is 2.08 bits per heavy atom. The molecule has 0 unspecified atom stereocenters. The molecule has 1 aromatic rings.